The van der Waals surface area contributed by atoms with E-state index in [0.29, 0.717) is 0 Å². The normalized spacial score (nSPS) is 18.0. The third-order valence-electron chi connectivity index (χ3n) is 4.53. The molecular formula is C20H23NO. The molecule has 0 heterocycles. The highest BCUT2D eigenvalue weighted by Crippen LogP contribution is 2.36. The van der Waals surface area contributed by atoms with Crippen molar-refractivity contribution in [3.63, 3.8) is 0 Å². The molecule has 1 amide bonds. The van der Waals surface area contributed by atoms with Gasteiger partial charge in [-0.25, -0.2) is 0 Å². The molecule has 0 bridgehead atoms. The summed E-state index contributed by atoms with van der Waals surface area (Å²) in [6.45, 7) is 2.13. The van der Waals surface area contributed by atoms with Gasteiger partial charge < -0.3 is 5.32 Å². The number of rotatable bonds is 3. The van der Waals surface area contributed by atoms with Crippen molar-refractivity contribution in [2.75, 3.05) is 5.32 Å². The summed E-state index contributed by atoms with van der Waals surface area (Å²) in [5, 5.41) is 3.07. The van der Waals surface area contributed by atoms with Gasteiger partial charge >= 0.3 is 0 Å². The van der Waals surface area contributed by atoms with Crippen LogP contribution in [0.25, 0.3) is 0 Å². The third kappa shape index (κ3) is 3.06. The first-order valence-electron chi connectivity index (χ1n) is 8.27. The highest BCUT2D eigenvalue weighted by Gasteiger charge is 2.24. The van der Waals surface area contributed by atoms with Crippen LogP contribution >= 0.6 is 0 Å². The van der Waals surface area contributed by atoms with Crippen molar-refractivity contribution in [2.45, 2.75) is 45.4 Å². The highest BCUT2D eigenvalue weighted by atomic mass is 16.1. The maximum atomic E-state index is 12.9. The smallest absolute Gasteiger partial charge is 0.256 e. The van der Waals surface area contributed by atoms with Crippen molar-refractivity contribution in [1.82, 2.24) is 0 Å². The lowest BCUT2D eigenvalue weighted by Crippen LogP contribution is -2.19. The van der Waals surface area contributed by atoms with Crippen LogP contribution in [0.15, 0.2) is 64.8 Å². The summed E-state index contributed by atoms with van der Waals surface area (Å²) in [6.07, 6.45) is 10.9. The Morgan fingerprint density at radius 3 is 2.68 bits per heavy atom. The summed E-state index contributed by atoms with van der Waals surface area (Å²) >= 11 is 0. The summed E-state index contributed by atoms with van der Waals surface area (Å²) in [4.78, 5) is 12.9. The van der Waals surface area contributed by atoms with Crippen LogP contribution in [-0.4, -0.2) is 5.91 Å². The second kappa shape index (κ2) is 6.78. The first-order chi connectivity index (χ1) is 10.8. The molecule has 0 radical (unpaired) electrons. The van der Waals surface area contributed by atoms with Gasteiger partial charge in [0.2, 0.25) is 0 Å². The summed E-state index contributed by atoms with van der Waals surface area (Å²) in [5.41, 5.74) is 5.72. The van der Waals surface area contributed by atoms with E-state index in [1.54, 1.807) is 0 Å². The molecule has 0 saturated heterocycles. The maximum absolute atomic E-state index is 12.9. The number of hydrogen-bond donors (Lipinski definition) is 1. The van der Waals surface area contributed by atoms with Crippen molar-refractivity contribution in [2.24, 2.45) is 0 Å². The van der Waals surface area contributed by atoms with E-state index in [9.17, 15) is 4.79 Å². The summed E-state index contributed by atoms with van der Waals surface area (Å²) in [6, 6.07) is 9.73. The highest BCUT2D eigenvalue weighted by molar-refractivity contribution is 6.08. The van der Waals surface area contributed by atoms with Gasteiger partial charge in [0.05, 0.1) is 0 Å². The number of carbonyl (C=O) groups is 1. The Morgan fingerprint density at radius 1 is 1.14 bits per heavy atom. The largest absolute Gasteiger partial charge is 0.322 e. The minimum absolute atomic E-state index is 0.0454. The van der Waals surface area contributed by atoms with Gasteiger partial charge in [-0.15, -0.1) is 0 Å². The molecule has 0 aliphatic heterocycles. The Balaban J connectivity index is 1.97. The molecular weight excluding hydrogens is 270 g/mol. The Morgan fingerprint density at radius 2 is 1.91 bits per heavy atom. The third-order valence-corrected chi connectivity index (χ3v) is 4.53. The quantitative estimate of drug-likeness (QED) is 0.819. The van der Waals surface area contributed by atoms with Crippen molar-refractivity contribution >= 4 is 11.6 Å². The summed E-state index contributed by atoms with van der Waals surface area (Å²) < 4.78 is 0. The second-order valence-corrected chi connectivity index (χ2v) is 5.97. The average Bonchev–Trinajstić information content (AvgIpc) is 2.74. The lowest BCUT2D eigenvalue weighted by Gasteiger charge is -2.22. The van der Waals surface area contributed by atoms with E-state index in [4.69, 9.17) is 0 Å². The molecule has 2 aliphatic rings. The molecule has 0 spiro atoms. The van der Waals surface area contributed by atoms with E-state index in [0.717, 1.165) is 36.9 Å². The summed E-state index contributed by atoms with van der Waals surface area (Å²) in [7, 11) is 0. The van der Waals surface area contributed by atoms with Gasteiger partial charge in [0.25, 0.3) is 5.91 Å². The van der Waals surface area contributed by atoms with E-state index in [2.05, 4.69) is 24.4 Å². The first kappa shape index (κ1) is 14.8. The van der Waals surface area contributed by atoms with Crippen LogP contribution in [-0.2, 0) is 4.79 Å². The van der Waals surface area contributed by atoms with Gasteiger partial charge in [-0.05, 0) is 61.8 Å². The number of anilines is 1. The van der Waals surface area contributed by atoms with Crippen molar-refractivity contribution in [1.29, 1.82) is 0 Å². The number of benzene rings is 1. The second-order valence-electron chi connectivity index (χ2n) is 5.97. The molecule has 0 atom stereocenters. The van der Waals surface area contributed by atoms with Crippen LogP contribution in [0.4, 0.5) is 5.69 Å². The van der Waals surface area contributed by atoms with Crippen LogP contribution in [0.5, 0.6) is 0 Å². The zero-order valence-electron chi connectivity index (χ0n) is 13.2. The molecule has 3 rings (SSSR count). The van der Waals surface area contributed by atoms with E-state index < -0.39 is 0 Å². The van der Waals surface area contributed by atoms with E-state index in [1.807, 2.05) is 30.3 Å². The molecule has 2 nitrogen and oxygen atoms in total. The van der Waals surface area contributed by atoms with Crippen LogP contribution in [0.2, 0.25) is 0 Å². The molecule has 1 N–H and O–H groups in total. The fourth-order valence-electron chi connectivity index (χ4n) is 3.41. The zero-order valence-corrected chi connectivity index (χ0v) is 13.2. The number of hydrogen-bond acceptors (Lipinski definition) is 1. The number of amides is 1. The van der Waals surface area contributed by atoms with Gasteiger partial charge in [-0.1, -0.05) is 42.8 Å². The number of nitrogens with one attached hydrogen (secondary N) is 1. The monoisotopic (exact) mass is 293 g/mol. The first-order valence-corrected chi connectivity index (χ1v) is 8.27. The van der Waals surface area contributed by atoms with E-state index >= 15 is 0 Å². The number of carbonyl (C=O) groups excluding carboxylic acids is 1. The number of allylic oxidation sites excluding steroid dienone is 4. The molecule has 0 aromatic heterocycles. The minimum atomic E-state index is 0.0454. The Hall–Kier alpha value is -2.09. The van der Waals surface area contributed by atoms with Gasteiger partial charge in [-0.2, -0.15) is 0 Å². The van der Waals surface area contributed by atoms with Crippen molar-refractivity contribution in [3.05, 3.63) is 64.8 Å². The minimum Gasteiger partial charge on any atom is -0.322 e. The maximum Gasteiger partial charge on any atom is 0.256 e. The van der Waals surface area contributed by atoms with Gasteiger partial charge in [0, 0.05) is 11.3 Å². The van der Waals surface area contributed by atoms with E-state index in [-0.39, 0.29) is 5.91 Å². The van der Waals surface area contributed by atoms with Crippen LogP contribution in [0.3, 0.4) is 0 Å². The predicted molar refractivity (Wildman–Crippen MR) is 91.6 cm³/mol. The fraction of sp³-hybridized carbons (Fsp3) is 0.350. The lowest BCUT2D eigenvalue weighted by atomic mass is 9.84. The zero-order chi connectivity index (χ0) is 15.4. The van der Waals surface area contributed by atoms with Crippen molar-refractivity contribution in [3.8, 4) is 0 Å². The molecule has 2 aliphatic carbocycles. The molecule has 2 heteroatoms. The summed E-state index contributed by atoms with van der Waals surface area (Å²) in [5.74, 6) is 0.0454. The van der Waals surface area contributed by atoms with Gasteiger partial charge in [0.1, 0.15) is 0 Å². The molecule has 114 valence electrons. The van der Waals surface area contributed by atoms with E-state index in [1.165, 1.54) is 29.6 Å². The van der Waals surface area contributed by atoms with Crippen LogP contribution < -0.4 is 5.32 Å². The Labute approximate surface area is 132 Å². The molecule has 22 heavy (non-hydrogen) atoms. The molecule has 0 unspecified atom stereocenters. The molecule has 0 saturated carbocycles. The molecule has 0 fully saturated rings. The SMILES string of the molecule is CCC1=C(C(=O)Nc2ccccc2)C2=C(CC=C1)CCCC2. The van der Waals surface area contributed by atoms with Crippen molar-refractivity contribution < 1.29 is 4.79 Å². The Bertz CT molecular complexity index is 650. The van der Waals surface area contributed by atoms with Crippen LogP contribution in [0.1, 0.15) is 45.4 Å². The average molecular weight is 293 g/mol. The van der Waals surface area contributed by atoms with Gasteiger partial charge in [0.15, 0.2) is 0 Å². The Kier molecular flexibility index (Phi) is 4.57. The molecule has 1 aromatic rings. The molecule has 1 aromatic carbocycles. The van der Waals surface area contributed by atoms with Gasteiger partial charge in [-0.3, -0.25) is 4.79 Å². The standard InChI is InChI=1S/C20H23NO/c1-2-15-10-8-11-16-9-6-7-14-18(16)19(15)20(22)21-17-12-4-3-5-13-17/h3-5,8,10,12-13H,2,6-7,9,11,14H2,1H3,(H,21,22). The number of para-hydroxylation sites is 1. The predicted octanol–water partition coefficient (Wildman–Crippen LogP) is 5.16. The topological polar surface area (TPSA) is 29.1 Å². The lowest BCUT2D eigenvalue weighted by molar-refractivity contribution is -0.112. The van der Waals surface area contributed by atoms with Crippen LogP contribution in [0, 0.1) is 0 Å². The fourth-order valence-corrected chi connectivity index (χ4v) is 3.41.